The summed E-state index contributed by atoms with van der Waals surface area (Å²) in [7, 11) is 0. The molecule has 2 amide bonds. The maximum Gasteiger partial charge on any atom is 0.410 e. The van der Waals surface area contributed by atoms with E-state index in [2.05, 4.69) is 15.5 Å². The zero-order valence-corrected chi connectivity index (χ0v) is 17.8. The number of nitrogens with one attached hydrogen (secondary N) is 2. The van der Waals surface area contributed by atoms with Crippen molar-refractivity contribution < 1.29 is 23.8 Å². The minimum Gasteiger partial charge on any atom is -0.490 e. The number of rotatable bonds is 6. The van der Waals surface area contributed by atoms with Gasteiger partial charge in [-0.2, -0.15) is 5.10 Å². The maximum atomic E-state index is 12.4. The molecule has 2 N–H and O–H groups in total. The predicted octanol–water partition coefficient (Wildman–Crippen LogP) is 3.12. The number of H-pyrrole nitrogens is 1. The van der Waals surface area contributed by atoms with Crippen molar-refractivity contribution in [3.63, 3.8) is 0 Å². The van der Waals surface area contributed by atoms with E-state index < -0.39 is 5.60 Å². The number of fused-ring (bicyclic) bond motifs is 1. The first-order valence-corrected chi connectivity index (χ1v) is 9.95. The Kier molecular flexibility index (Phi) is 6.49. The van der Waals surface area contributed by atoms with Gasteiger partial charge < -0.3 is 24.4 Å². The highest BCUT2D eigenvalue weighted by atomic mass is 16.6. The fraction of sp³-hybridized carbons (Fsp3) is 0.476. The molecule has 3 rings (SSSR count). The van der Waals surface area contributed by atoms with Crippen LogP contribution in [0, 0.1) is 0 Å². The Hall–Kier alpha value is -3.23. The minimum atomic E-state index is -0.550. The molecule has 0 saturated heterocycles. The van der Waals surface area contributed by atoms with Gasteiger partial charge in [0.15, 0.2) is 23.9 Å². The normalized spacial score (nSPS) is 13.4. The topological polar surface area (TPSA) is 106 Å². The summed E-state index contributed by atoms with van der Waals surface area (Å²) >= 11 is 0. The highest BCUT2D eigenvalue weighted by Gasteiger charge is 2.28. The third-order valence-electron chi connectivity index (χ3n) is 4.35. The molecule has 0 atom stereocenters. The number of aromatic nitrogens is 2. The number of hydrogen-bond donors (Lipinski definition) is 2. The average molecular weight is 416 g/mol. The van der Waals surface area contributed by atoms with E-state index in [9.17, 15) is 9.59 Å². The van der Waals surface area contributed by atoms with E-state index >= 15 is 0 Å². The quantitative estimate of drug-likeness (QED) is 0.750. The third-order valence-corrected chi connectivity index (χ3v) is 4.35. The van der Waals surface area contributed by atoms with Crippen molar-refractivity contribution >= 4 is 17.8 Å². The zero-order chi connectivity index (χ0) is 21.7. The maximum absolute atomic E-state index is 12.4. The van der Waals surface area contributed by atoms with Gasteiger partial charge in [-0.05, 0) is 46.2 Å². The van der Waals surface area contributed by atoms with Gasteiger partial charge in [-0.15, -0.1) is 0 Å². The second kappa shape index (κ2) is 9.06. The van der Waals surface area contributed by atoms with E-state index in [4.69, 9.17) is 14.2 Å². The van der Waals surface area contributed by atoms with Gasteiger partial charge in [0, 0.05) is 12.1 Å². The van der Waals surface area contributed by atoms with E-state index in [1.165, 1.54) is 0 Å². The molecule has 0 fully saturated rings. The molecule has 162 valence electrons. The second-order valence-electron chi connectivity index (χ2n) is 7.90. The molecule has 9 heteroatoms. The van der Waals surface area contributed by atoms with Crippen LogP contribution in [0.25, 0.3) is 0 Å². The van der Waals surface area contributed by atoms with Crippen molar-refractivity contribution in [1.29, 1.82) is 0 Å². The molecule has 0 bridgehead atoms. The smallest absolute Gasteiger partial charge is 0.410 e. The van der Waals surface area contributed by atoms with Crippen LogP contribution in [0.3, 0.4) is 0 Å². The second-order valence-corrected chi connectivity index (χ2v) is 7.90. The van der Waals surface area contributed by atoms with Crippen LogP contribution in [0.2, 0.25) is 0 Å². The van der Waals surface area contributed by atoms with E-state index in [-0.39, 0.29) is 18.6 Å². The van der Waals surface area contributed by atoms with Gasteiger partial charge >= 0.3 is 6.09 Å². The molecule has 0 unspecified atom stereocenters. The van der Waals surface area contributed by atoms with Crippen molar-refractivity contribution in [1.82, 2.24) is 15.1 Å². The highest BCUT2D eigenvalue weighted by molar-refractivity contribution is 5.91. The van der Waals surface area contributed by atoms with E-state index in [1.807, 2.05) is 39.8 Å². The Labute approximate surface area is 175 Å². The van der Waals surface area contributed by atoms with Gasteiger partial charge in [-0.25, -0.2) is 4.79 Å². The van der Waals surface area contributed by atoms with Crippen molar-refractivity contribution in [3.8, 4) is 11.5 Å². The molecule has 1 aromatic heterocycles. The number of nitrogens with zero attached hydrogens (tertiary/aromatic N) is 2. The highest BCUT2D eigenvalue weighted by Crippen LogP contribution is 2.27. The third kappa shape index (κ3) is 5.43. The number of benzene rings is 1. The molecule has 0 saturated carbocycles. The van der Waals surface area contributed by atoms with Crippen molar-refractivity contribution in [3.05, 3.63) is 35.5 Å². The summed E-state index contributed by atoms with van der Waals surface area (Å²) in [5.41, 5.74) is 1.12. The van der Waals surface area contributed by atoms with Gasteiger partial charge in [0.2, 0.25) is 0 Å². The molecule has 1 aliphatic rings. The Bertz CT molecular complexity index is 903. The molecule has 1 aromatic carbocycles. The van der Waals surface area contributed by atoms with Crippen LogP contribution in [0.1, 0.15) is 39.0 Å². The standard InChI is InChI=1S/C21H28N4O5/c1-5-28-16-8-6-7-9-17(16)29-13-18(26)22-19-14-10-11-25(12-15(14)23-24-19)20(27)30-21(2,3)4/h6-9H,5,10-13H2,1-4H3,(H2,22,23,24,26). The number of carbonyl (C=O) groups excluding carboxylic acids is 2. The van der Waals surface area contributed by atoms with Gasteiger partial charge in [0.05, 0.1) is 18.8 Å². The molecule has 0 aliphatic carbocycles. The van der Waals surface area contributed by atoms with Gasteiger partial charge in [0.25, 0.3) is 5.91 Å². The van der Waals surface area contributed by atoms with Crippen LogP contribution >= 0.6 is 0 Å². The lowest BCUT2D eigenvalue weighted by atomic mass is 10.1. The van der Waals surface area contributed by atoms with Crippen molar-refractivity contribution in [2.45, 2.75) is 46.3 Å². The first-order valence-electron chi connectivity index (χ1n) is 9.95. The number of anilines is 1. The summed E-state index contributed by atoms with van der Waals surface area (Å²) in [6, 6.07) is 7.20. The summed E-state index contributed by atoms with van der Waals surface area (Å²) in [5, 5.41) is 9.87. The molecule has 0 spiro atoms. The van der Waals surface area contributed by atoms with Crippen LogP contribution in [-0.2, 0) is 22.5 Å². The summed E-state index contributed by atoms with van der Waals surface area (Å²) < 4.78 is 16.5. The predicted molar refractivity (Wildman–Crippen MR) is 111 cm³/mol. The Morgan fingerprint density at radius 3 is 2.57 bits per heavy atom. The molecule has 0 radical (unpaired) electrons. The largest absolute Gasteiger partial charge is 0.490 e. The fourth-order valence-corrected chi connectivity index (χ4v) is 3.06. The molecule has 2 heterocycles. The van der Waals surface area contributed by atoms with Crippen LogP contribution in [-0.4, -0.2) is 52.5 Å². The fourth-order valence-electron chi connectivity index (χ4n) is 3.06. The summed E-state index contributed by atoms with van der Waals surface area (Å²) in [5.74, 6) is 1.23. The van der Waals surface area contributed by atoms with Crippen LogP contribution in [0.15, 0.2) is 24.3 Å². The molecule has 9 nitrogen and oxygen atoms in total. The number of ether oxygens (including phenoxy) is 3. The van der Waals surface area contributed by atoms with Gasteiger partial charge in [0.1, 0.15) is 5.60 Å². The van der Waals surface area contributed by atoms with Crippen LogP contribution < -0.4 is 14.8 Å². The van der Waals surface area contributed by atoms with Crippen LogP contribution in [0.4, 0.5) is 10.6 Å². The van der Waals surface area contributed by atoms with Crippen molar-refractivity contribution in [2.75, 3.05) is 25.1 Å². The lowest BCUT2D eigenvalue weighted by Crippen LogP contribution is -2.40. The first kappa shape index (κ1) is 21.5. The molecular formula is C21H28N4O5. The Morgan fingerprint density at radius 2 is 1.90 bits per heavy atom. The number of aromatic amines is 1. The number of para-hydroxylation sites is 2. The molecule has 2 aromatic rings. The summed E-state index contributed by atoms with van der Waals surface area (Å²) in [6.07, 6.45) is 0.198. The monoisotopic (exact) mass is 416 g/mol. The van der Waals surface area contributed by atoms with Gasteiger partial charge in [-0.3, -0.25) is 9.89 Å². The summed E-state index contributed by atoms with van der Waals surface area (Å²) in [6.45, 7) is 8.56. The SMILES string of the molecule is CCOc1ccccc1OCC(=O)Nc1n[nH]c2c1CCN(C(=O)OC(C)(C)C)C2. The van der Waals surface area contributed by atoms with E-state index in [0.717, 1.165) is 11.3 Å². The lowest BCUT2D eigenvalue weighted by molar-refractivity contribution is -0.118. The number of hydrogen-bond acceptors (Lipinski definition) is 6. The molecule has 1 aliphatic heterocycles. The molecular weight excluding hydrogens is 388 g/mol. The van der Waals surface area contributed by atoms with Crippen molar-refractivity contribution in [2.24, 2.45) is 0 Å². The van der Waals surface area contributed by atoms with E-state index in [1.54, 1.807) is 17.0 Å². The van der Waals surface area contributed by atoms with E-state index in [0.29, 0.717) is 43.4 Å². The first-order chi connectivity index (χ1) is 14.3. The van der Waals surface area contributed by atoms with Crippen LogP contribution in [0.5, 0.6) is 11.5 Å². The molecule has 30 heavy (non-hydrogen) atoms. The Morgan fingerprint density at radius 1 is 1.20 bits per heavy atom. The number of carbonyl (C=O) groups is 2. The Balaban J connectivity index is 1.57. The number of amides is 2. The minimum absolute atomic E-state index is 0.171. The lowest BCUT2D eigenvalue weighted by Gasteiger charge is -2.29. The van der Waals surface area contributed by atoms with Gasteiger partial charge in [-0.1, -0.05) is 12.1 Å². The average Bonchev–Trinajstić information content (AvgIpc) is 3.08. The zero-order valence-electron chi connectivity index (χ0n) is 17.8. The summed E-state index contributed by atoms with van der Waals surface area (Å²) in [4.78, 5) is 26.2.